The molecule has 0 saturated carbocycles. The molecule has 7 nitrogen and oxygen atoms in total. The zero-order chi connectivity index (χ0) is 25.3. The summed E-state index contributed by atoms with van der Waals surface area (Å²) in [6.07, 6.45) is 3.92. The van der Waals surface area contributed by atoms with Gasteiger partial charge in [0.25, 0.3) is 0 Å². The molecule has 0 saturated heterocycles. The van der Waals surface area contributed by atoms with Gasteiger partial charge in [0.1, 0.15) is 17.9 Å². The van der Waals surface area contributed by atoms with Crippen molar-refractivity contribution in [2.24, 2.45) is 5.10 Å². The summed E-state index contributed by atoms with van der Waals surface area (Å²) in [7, 11) is 1.59. The fourth-order valence-corrected chi connectivity index (χ4v) is 3.72. The van der Waals surface area contributed by atoms with Gasteiger partial charge in [-0.15, -0.1) is 6.58 Å². The van der Waals surface area contributed by atoms with Crippen LogP contribution in [0.25, 0.3) is 11.0 Å². The number of carbonyl (C=O) groups is 1. The van der Waals surface area contributed by atoms with E-state index in [1.54, 1.807) is 43.7 Å². The van der Waals surface area contributed by atoms with Gasteiger partial charge in [-0.2, -0.15) is 5.10 Å². The summed E-state index contributed by atoms with van der Waals surface area (Å²) in [5, 5.41) is 4.88. The molecule has 0 spiro atoms. The lowest BCUT2D eigenvalue weighted by Crippen LogP contribution is -2.16. The maximum atomic E-state index is 12.6. The molecule has 7 heteroatoms. The molecule has 4 aromatic rings. The van der Waals surface area contributed by atoms with Crippen LogP contribution in [0.2, 0.25) is 0 Å². The summed E-state index contributed by atoms with van der Waals surface area (Å²) < 4.78 is 22.8. The van der Waals surface area contributed by atoms with Crippen LogP contribution in [0, 0.1) is 0 Å². The van der Waals surface area contributed by atoms with Gasteiger partial charge in [0.15, 0.2) is 17.3 Å². The molecule has 1 heterocycles. The minimum atomic E-state index is -0.457. The number of fused-ring (bicyclic) bond motifs is 1. The first kappa shape index (κ1) is 24.6. The summed E-state index contributed by atoms with van der Waals surface area (Å²) >= 11 is 0. The molecule has 0 aliphatic carbocycles. The number of amides is 1. The molecule has 1 amide bonds. The standard InChI is InChI=1S/C29H28N2O5/c1-4-9-22-14-21(15-26(33-3)28(22)35-19-20-10-7-6-8-11-20)18-30-31-29(32)27-17-23-16-24(34-5-2)12-13-25(23)36-27/h4,6-8,10-18H,1,5,9,19H2,2-3H3,(H,31,32)/b30-18+. The number of rotatable bonds is 11. The Morgan fingerprint density at radius 3 is 2.67 bits per heavy atom. The molecule has 0 aliphatic heterocycles. The Labute approximate surface area is 210 Å². The third kappa shape index (κ3) is 5.93. The van der Waals surface area contributed by atoms with Gasteiger partial charge in [-0.1, -0.05) is 36.4 Å². The summed E-state index contributed by atoms with van der Waals surface area (Å²) in [4.78, 5) is 12.6. The van der Waals surface area contributed by atoms with Crippen LogP contribution in [0.4, 0.5) is 0 Å². The lowest BCUT2D eigenvalue weighted by Gasteiger charge is -2.15. The SMILES string of the molecule is C=CCc1cc(/C=N/NC(=O)c2cc3cc(OCC)ccc3o2)cc(OC)c1OCc1ccccc1. The monoisotopic (exact) mass is 484 g/mol. The van der Waals surface area contributed by atoms with E-state index in [9.17, 15) is 4.79 Å². The topological polar surface area (TPSA) is 82.3 Å². The zero-order valence-corrected chi connectivity index (χ0v) is 20.3. The highest BCUT2D eigenvalue weighted by Crippen LogP contribution is 2.34. The molecule has 1 N–H and O–H groups in total. The smallest absolute Gasteiger partial charge is 0.307 e. The van der Waals surface area contributed by atoms with Crippen LogP contribution in [0.1, 0.15) is 34.2 Å². The third-order valence-corrected chi connectivity index (χ3v) is 5.37. The second-order valence-electron chi connectivity index (χ2n) is 7.92. The van der Waals surface area contributed by atoms with Crippen LogP contribution in [0.3, 0.4) is 0 Å². The van der Waals surface area contributed by atoms with Crippen molar-refractivity contribution in [1.29, 1.82) is 0 Å². The molecule has 0 fully saturated rings. The molecule has 3 aromatic carbocycles. The van der Waals surface area contributed by atoms with Crippen molar-refractivity contribution in [1.82, 2.24) is 5.43 Å². The first-order valence-corrected chi connectivity index (χ1v) is 11.6. The molecule has 0 aliphatic rings. The number of hydrazone groups is 1. The minimum absolute atomic E-state index is 0.158. The van der Waals surface area contributed by atoms with Crippen LogP contribution in [-0.4, -0.2) is 25.8 Å². The van der Waals surface area contributed by atoms with Crippen molar-refractivity contribution in [2.45, 2.75) is 20.0 Å². The Kier molecular flexibility index (Phi) is 8.03. The van der Waals surface area contributed by atoms with Crippen molar-refractivity contribution in [3.8, 4) is 17.2 Å². The molecule has 0 unspecified atom stereocenters. The highest BCUT2D eigenvalue weighted by molar-refractivity contribution is 5.96. The highest BCUT2D eigenvalue weighted by Gasteiger charge is 2.14. The van der Waals surface area contributed by atoms with Gasteiger partial charge >= 0.3 is 5.91 Å². The minimum Gasteiger partial charge on any atom is -0.494 e. The Hall–Kier alpha value is -4.52. The number of hydrogen-bond acceptors (Lipinski definition) is 6. The van der Waals surface area contributed by atoms with E-state index >= 15 is 0 Å². The molecule has 0 bridgehead atoms. The Bertz CT molecular complexity index is 1380. The second-order valence-corrected chi connectivity index (χ2v) is 7.92. The Morgan fingerprint density at radius 1 is 1.08 bits per heavy atom. The van der Waals surface area contributed by atoms with Gasteiger partial charge in [0, 0.05) is 10.9 Å². The average Bonchev–Trinajstić information content (AvgIpc) is 3.32. The van der Waals surface area contributed by atoms with Crippen molar-refractivity contribution in [2.75, 3.05) is 13.7 Å². The number of carbonyl (C=O) groups excluding carboxylic acids is 1. The molecule has 0 radical (unpaired) electrons. The van der Waals surface area contributed by atoms with E-state index in [0.717, 1.165) is 27.8 Å². The molecule has 36 heavy (non-hydrogen) atoms. The number of methoxy groups -OCH3 is 1. The maximum Gasteiger partial charge on any atom is 0.307 e. The van der Waals surface area contributed by atoms with Gasteiger partial charge in [-0.25, -0.2) is 5.43 Å². The summed E-state index contributed by atoms with van der Waals surface area (Å²) in [6.45, 7) is 6.73. The number of ether oxygens (including phenoxy) is 3. The Morgan fingerprint density at radius 2 is 1.92 bits per heavy atom. The van der Waals surface area contributed by atoms with Gasteiger partial charge < -0.3 is 18.6 Å². The molecule has 0 atom stereocenters. The molecule has 4 rings (SSSR count). The molecule has 1 aromatic heterocycles. The number of furan rings is 1. The normalized spacial score (nSPS) is 10.9. The summed E-state index contributed by atoms with van der Waals surface area (Å²) in [6, 6.07) is 20.7. The van der Waals surface area contributed by atoms with Crippen molar-refractivity contribution < 1.29 is 23.4 Å². The fourth-order valence-electron chi connectivity index (χ4n) is 3.72. The largest absolute Gasteiger partial charge is 0.494 e. The van der Waals surface area contributed by atoms with Crippen LogP contribution in [0.5, 0.6) is 17.2 Å². The van der Waals surface area contributed by atoms with E-state index in [1.165, 1.54) is 0 Å². The lowest BCUT2D eigenvalue weighted by atomic mass is 10.1. The number of nitrogens with one attached hydrogen (secondary N) is 1. The van der Waals surface area contributed by atoms with Crippen LogP contribution in [-0.2, 0) is 13.0 Å². The van der Waals surface area contributed by atoms with Crippen molar-refractivity contribution in [3.63, 3.8) is 0 Å². The highest BCUT2D eigenvalue weighted by atomic mass is 16.5. The van der Waals surface area contributed by atoms with Gasteiger partial charge in [0.05, 0.1) is 19.9 Å². The molecular formula is C29H28N2O5. The summed E-state index contributed by atoms with van der Waals surface area (Å²) in [5.74, 6) is 1.64. The van der Waals surface area contributed by atoms with Crippen LogP contribution < -0.4 is 19.6 Å². The predicted molar refractivity (Wildman–Crippen MR) is 140 cm³/mol. The van der Waals surface area contributed by atoms with Gasteiger partial charge in [0.2, 0.25) is 0 Å². The first-order chi connectivity index (χ1) is 17.6. The summed E-state index contributed by atoms with van der Waals surface area (Å²) in [5.41, 5.74) is 5.80. The Balaban J connectivity index is 1.48. The van der Waals surface area contributed by atoms with E-state index < -0.39 is 5.91 Å². The van der Waals surface area contributed by atoms with Crippen LogP contribution in [0.15, 0.2) is 88.9 Å². The first-order valence-electron chi connectivity index (χ1n) is 11.6. The number of nitrogens with zero attached hydrogens (tertiary/aromatic N) is 1. The second kappa shape index (κ2) is 11.8. The van der Waals surface area contributed by atoms with E-state index in [2.05, 4.69) is 17.1 Å². The molecule has 184 valence electrons. The van der Waals surface area contributed by atoms with Crippen molar-refractivity contribution in [3.05, 3.63) is 102 Å². The van der Waals surface area contributed by atoms with E-state index in [4.69, 9.17) is 18.6 Å². The lowest BCUT2D eigenvalue weighted by molar-refractivity contribution is 0.0929. The molecular weight excluding hydrogens is 456 g/mol. The van der Waals surface area contributed by atoms with E-state index in [-0.39, 0.29) is 5.76 Å². The number of hydrogen-bond donors (Lipinski definition) is 1. The predicted octanol–water partition coefficient (Wildman–Crippen LogP) is 5.91. The van der Waals surface area contributed by atoms with E-state index in [1.807, 2.05) is 49.4 Å². The van der Waals surface area contributed by atoms with Crippen LogP contribution >= 0.6 is 0 Å². The number of benzene rings is 3. The number of allylic oxidation sites excluding steroid dienone is 1. The maximum absolute atomic E-state index is 12.6. The van der Waals surface area contributed by atoms with Gasteiger partial charge in [-0.3, -0.25) is 4.79 Å². The van der Waals surface area contributed by atoms with E-state index in [0.29, 0.717) is 36.7 Å². The quantitative estimate of drug-likeness (QED) is 0.163. The zero-order valence-electron chi connectivity index (χ0n) is 20.3. The van der Waals surface area contributed by atoms with Crippen molar-refractivity contribution >= 4 is 23.1 Å². The van der Waals surface area contributed by atoms with Gasteiger partial charge in [-0.05, 0) is 60.9 Å². The fraction of sp³-hybridized carbons (Fsp3) is 0.172. The average molecular weight is 485 g/mol. The third-order valence-electron chi connectivity index (χ3n) is 5.37.